The lowest BCUT2D eigenvalue weighted by molar-refractivity contribution is -0.127. The molecule has 5 nitrogen and oxygen atoms in total. The highest BCUT2D eigenvalue weighted by molar-refractivity contribution is 6.07. The molecule has 2 fully saturated rings. The van der Waals surface area contributed by atoms with Crippen LogP contribution in [-0.2, 0) is 4.79 Å². The molecule has 2 saturated heterocycles. The lowest BCUT2D eigenvalue weighted by Gasteiger charge is -2.37. The standard InChI is InChI=1S/C24H31N3O2/c1-16-9-10-20-21(15-17(2)25-23(20)18(16)3)24(29)27-13-5-4-7-19(27)11-14-26-12-6-8-22(26)28/h9-10,15,19H,4-8,11-14H2,1-3H3. The molecule has 0 radical (unpaired) electrons. The number of aromatic nitrogens is 1. The van der Waals surface area contributed by atoms with E-state index in [0.29, 0.717) is 6.42 Å². The van der Waals surface area contributed by atoms with Gasteiger partial charge in [0.2, 0.25) is 5.91 Å². The smallest absolute Gasteiger partial charge is 0.254 e. The predicted octanol–water partition coefficient (Wildman–Crippen LogP) is 4.17. The summed E-state index contributed by atoms with van der Waals surface area (Å²) >= 11 is 0. The second kappa shape index (κ2) is 8.13. The fourth-order valence-corrected chi connectivity index (χ4v) is 4.80. The van der Waals surface area contributed by atoms with Crippen LogP contribution in [0.2, 0.25) is 0 Å². The second-order valence-corrected chi connectivity index (χ2v) is 8.64. The van der Waals surface area contributed by atoms with Gasteiger partial charge in [-0.25, -0.2) is 0 Å². The summed E-state index contributed by atoms with van der Waals surface area (Å²) in [6, 6.07) is 6.27. The first-order valence-electron chi connectivity index (χ1n) is 10.9. The molecular weight excluding hydrogens is 362 g/mol. The number of rotatable bonds is 4. The Morgan fingerprint density at radius 2 is 1.97 bits per heavy atom. The Labute approximate surface area is 173 Å². The number of fused-ring (bicyclic) bond motifs is 1. The number of likely N-dealkylation sites (tertiary alicyclic amines) is 2. The number of nitrogens with zero attached hydrogens (tertiary/aromatic N) is 3. The average Bonchev–Trinajstić information content (AvgIpc) is 3.13. The number of carbonyl (C=O) groups excluding carboxylic acids is 2. The van der Waals surface area contributed by atoms with E-state index in [1.54, 1.807) is 0 Å². The molecule has 3 heterocycles. The van der Waals surface area contributed by atoms with Crippen LogP contribution in [-0.4, -0.2) is 52.3 Å². The van der Waals surface area contributed by atoms with Crippen LogP contribution in [0.25, 0.3) is 10.9 Å². The number of carbonyl (C=O) groups is 2. The number of pyridine rings is 1. The minimum absolute atomic E-state index is 0.112. The summed E-state index contributed by atoms with van der Waals surface area (Å²) in [5.74, 6) is 0.376. The summed E-state index contributed by atoms with van der Waals surface area (Å²) < 4.78 is 0. The molecule has 0 saturated carbocycles. The van der Waals surface area contributed by atoms with Crippen molar-refractivity contribution in [3.05, 3.63) is 40.6 Å². The van der Waals surface area contributed by atoms with Crippen molar-refractivity contribution in [2.75, 3.05) is 19.6 Å². The summed E-state index contributed by atoms with van der Waals surface area (Å²) in [5.41, 5.74) is 4.92. The summed E-state index contributed by atoms with van der Waals surface area (Å²) in [5, 5.41) is 0.947. The van der Waals surface area contributed by atoms with Gasteiger partial charge in [0.1, 0.15) is 0 Å². The zero-order valence-corrected chi connectivity index (χ0v) is 17.8. The molecule has 2 aromatic rings. The lowest BCUT2D eigenvalue weighted by Crippen LogP contribution is -2.45. The average molecular weight is 394 g/mol. The molecule has 0 aliphatic carbocycles. The Hall–Kier alpha value is -2.43. The number of aryl methyl sites for hydroxylation is 3. The Morgan fingerprint density at radius 3 is 2.72 bits per heavy atom. The van der Waals surface area contributed by atoms with Gasteiger partial charge in [-0.15, -0.1) is 0 Å². The largest absolute Gasteiger partial charge is 0.343 e. The summed E-state index contributed by atoms with van der Waals surface area (Å²) in [6.07, 6.45) is 5.73. The molecule has 1 atom stereocenters. The highest BCUT2D eigenvalue weighted by atomic mass is 16.2. The third-order valence-corrected chi connectivity index (χ3v) is 6.66. The number of amides is 2. The first-order chi connectivity index (χ1) is 14.0. The molecule has 4 rings (SSSR count). The number of benzene rings is 1. The van der Waals surface area contributed by atoms with E-state index >= 15 is 0 Å². The molecule has 29 heavy (non-hydrogen) atoms. The Kier molecular flexibility index (Phi) is 5.57. The van der Waals surface area contributed by atoms with Crippen molar-refractivity contribution >= 4 is 22.7 Å². The molecule has 0 bridgehead atoms. The van der Waals surface area contributed by atoms with Crippen LogP contribution < -0.4 is 0 Å². The summed E-state index contributed by atoms with van der Waals surface area (Å²) in [7, 11) is 0. The fourth-order valence-electron chi connectivity index (χ4n) is 4.80. The van der Waals surface area contributed by atoms with Gasteiger partial charge >= 0.3 is 0 Å². The molecule has 5 heteroatoms. The van der Waals surface area contributed by atoms with Crippen LogP contribution >= 0.6 is 0 Å². The van der Waals surface area contributed by atoms with E-state index in [4.69, 9.17) is 4.98 Å². The molecule has 1 aromatic heterocycles. The van der Waals surface area contributed by atoms with Crippen molar-refractivity contribution in [2.24, 2.45) is 0 Å². The van der Waals surface area contributed by atoms with E-state index in [1.807, 2.05) is 24.0 Å². The van der Waals surface area contributed by atoms with Gasteiger partial charge < -0.3 is 9.80 Å². The molecule has 2 aliphatic heterocycles. The highest BCUT2D eigenvalue weighted by Crippen LogP contribution is 2.28. The van der Waals surface area contributed by atoms with E-state index < -0.39 is 0 Å². The van der Waals surface area contributed by atoms with Gasteiger partial charge in [-0.2, -0.15) is 0 Å². The number of hydrogen-bond acceptors (Lipinski definition) is 3. The maximum Gasteiger partial charge on any atom is 0.254 e. The molecule has 0 N–H and O–H groups in total. The van der Waals surface area contributed by atoms with E-state index in [9.17, 15) is 9.59 Å². The number of hydrogen-bond donors (Lipinski definition) is 0. The molecule has 154 valence electrons. The van der Waals surface area contributed by atoms with Crippen LogP contribution in [0.15, 0.2) is 18.2 Å². The second-order valence-electron chi connectivity index (χ2n) is 8.64. The normalized spacial score (nSPS) is 20.0. The monoisotopic (exact) mass is 393 g/mol. The zero-order valence-electron chi connectivity index (χ0n) is 17.8. The van der Waals surface area contributed by atoms with Crippen molar-refractivity contribution in [3.63, 3.8) is 0 Å². The van der Waals surface area contributed by atoms with Crippen molar-refractivity contribution in [1.82, 2.24) is 14.8 Å². The minimum Gasteiger partial charge on any atom is -0.343 e. The van der Waals surface area contributed by atoms with Crippen molar-refractivity contribution < 1.29 is 9.59 Å². The summed E-state index contributed by atoms with van der Waals surface area (Å²) in [4.78, 5) is 34.4. The Bertz CT molecular complexity index is 953. The molecule has 2 amide bonds. The van der Waals surface area contributed by atoms with Crippen molar-refractivity contribution in [2.45, 2.75) is 65.3 Å². The van der Waals surface area contributed by atoms with E-state index in [2.05, 4.69) is 24.8 Å². The first kappa shape index (κ1) is 19.9. The zero-order chi connectivity index (χ0) is 20.5. The highest BCUT2D eigenvalue weighted by Gasteiger charge is 2.30. The van der Waals surface area contributed by atoms with Gasteiger partial charge in [0, 0.05) is 43.2 Å². The first-order valence-corrected chi connectivity index (χ1v) is 10.9. The maximum atomic E-state index is 13.7. The van der Waals surface area contributed by atoms with Gasteiger partial charge in [-0.3, -0.25) is 14.6 Å². The molecule has 1 unspecified atom stereocenters. The summed E-state index contributed by atoms with van der Waals surface area (Å²) in [6.45, 7) is 8.56. The third-order valence-electron chi connectivity index (χ3n) is 6.66. The van der Waals surface area contributed by atoms with Crippen molar-refractivity contribution in [1.29, 1.82) is 0 Å². The van der Waals surface area contributed by atoms with Gasteiger partial charge in [0.25, 0.3) is 5.91 Å². The van der Waals surface area contributed by atoms with Gasteiger partial charge in [0.05, 0.1) is 11.1 Å². The number of piperidine rings is 1. The van der Waals surface area contributed by atoms with E-state index in [0.717, 1.165) is 79.5 Å². The molecular formula is C24H31N3O2. The van der Waals surface area contributed by atoms with Crippen LogP contribution in [0.1, 0.15) is 65.7 Å². The van der Waals surface area contributed by atoms with E-state index in [1.165, 1.54) is 5.56 Å². The maximum absolute atomic E-state index is 13.7. The SMILES string of the molecule is Cc1cc(C(=O)N2CCCCC2CCN2CCCC2=O)c2ccc(C)c(C)c2n1. The third kappa shape index (κ3) is 3.87. The van der Waals surface area contributed by atoms with Crippen molar-refractivity contribution in [3.8, 4) is 0 Å². The van der Waals surface area contributed by atoms with Gasteiger partial charge in [-0.1, -0.05) is 12.1 Å². The van der Waals surface area contributed by atoms with Crippen LogP contribution in [0.3, 0.4) is 0 Å². The Balaban J connectivity index is 1.61. The topological polar surface area (TPSA) is 53.5 Å². The fraction of sp³-hybridized carbons (Fsp3) is 0.542. The Morgan fingerprint density at radius 1 is 1.14 bits per heavy atom. The predicted molar refractivity (Wildman–Crippen MR) is 115 cm³/mol. The van der Waals surface area contributed by atoms with Crippen LogP contribution in [0.5, 0.6) is 0 Å². The van der Waals surface area contributed by atoms with Gasteiger partial charge in [0.15, 0.2) is 0 Å². The molecule has 1 aromatic carbocycles. The quantitative estimate of drug-likeness (QED) is 0.783. The molecule has 2 aliphatic rings. The lowest BCUT2D eigenvalue weighted by atomic mass is 9.96. The minimum atomic E-state index is 0.112. The molecule has 0 spiro atoms. The van der Waals surface area contributed by atoms with Gasteiger partial charge in [-0.05, 0) is 70.1 Å². The van der Waals surface area contributed by atoms with Crippen LogP contribution in [0.4, 0.5) is 0 Å². The van der Waals surface area contributed by atoms with E-state index in [-0.39, 0.29) is 17.9 Å². The van der Waals surface area contributed by atoms with Crippen LogP contribution in [0, 0.1) is 20.8 Å².